The Labute approximate surface area is 129 Å². The van der Waals surface area contributed by atoms with E-state index < -0.39 is 12.0 Å². The standard InChI is InChI=1S/C18H19NO3/c20-17(19-10-4-3-7-16(19)18(21)22)12-13-8-9-14-5-1-2-6-15(14)11-13/h1-2,5-6,8-9,11,16H,3-4,7,10,12H2,(H,21,22). The Morgan fingerprint density at radius 3 is 2.64 bits per heavy atom. The number of amides is 1. The van der Waals surface area contributed by atoms with Crippen molar-refractivity contribution in [3.63, 3.8) is 0 Å². The lowest BCUT2D eigenvalue weighted by molar-refractivity contribution is -0.151. The van der Waals surface area contributed by atoms with E-state index >= 15 is 0 Å². The van der Waals surface area contributed by atoms with E-state index in [-0.39, 0.29) is 12.3 Å². The smallest absolute Gasteiger partial charge is 0.326 e. The van der Waals surface area contributed by atoms with E-state index in [4.69, 9.17) is 0 Å². The van der Waals surface area contributed by atoms with Crippen molar-refractivity contribution in [3.05, 3.63) is 48.0 Å². The third-order valence-corrected chi connectivity index (χ3v) is 4.28. The molecule has 4 nitrogen and oxygen atoms in total. The second kappa shape index (κ2) is 6.18. The molecule has 1 amide bonds. The van der Waals surface area contributed by atoms with Crippen molar-refractivity contribution >= 4 is 22.6 Å². The second-order valence-corrected chi connectivity index (χ2v) is 5.80. The van der Waals surface area contributed by atoms with Gasteiger partial charge in [-0.2, -0.15) is 0 Å². The molecule has 0 saturated carbocycles. The number of hydrogen-bond acceptors (Lipinski definition) is 2. The van der Waals surface area contributed by atoms with E-state index in [2.05, 4.69) is 0 Å². The van der Waals surface area contributed by atoms with Gasteiger partial charge in [0.15, 0.2) is 0 Å². The molecule has 1 aliphatic rings. The van der Waals surface area contributed by atoms with Crippen LogP contribution in [0.5, 0.6) is 0 Å². The normalized spacial score (nSPS) is 18.4. The van der Waals surface area contributed by atoms with Gasteiger partial charge in [-0.05, 0) is 35.6 Å². The van der Waals surface area contributed by atoms with Crippen molar-refractivity contribution < 1.29 is 14.7 Å². The summed E-state index contributed by atoms with van der Waals surface area (Å²) in [7, 11) is 0. The van der Waals surface area contributed by atoms with E-state index in [0.717, 1.165) is 29.2 Å². The highest BCUT2D eigenvalue weighted by atomic mass is 16.4. The van der Waals surface area contributed by atoms with Crippen LogP contribution in [0, 0.1) is 0 Å². The number of carboxylic acid groups (broad SMARTS) is 1. The summed E-state index contributed by atoms with van der Waals surface area (Å²) in [5.74, 6) is -0.992. The first-order valence-electron chi connectivity index (χ1n) is 7.65. The fraction of sp³-hybridized carbons (Fsp3) is 0.333. The van der Waals surface area contributed by atoms with Gasteiger partial charge in [0.05, 0.1) is 6.42 Å². The lowest BCUT2D eigenvalue weighted by atomic mass is 10.00. The number of fused-ring (bicyclic) bond motifs is 1. The molecule has 1 fully saturated rings. The molecule has 1 unspecified atom stereocenters. The van der Waals surface area contributed by atoms with Crippen LogP contribution >= 0.6 is 0 Å². The highest BCUT2D eigenvalue weighted by Crippen LogP contribution is 2.20. The average Bonchev–Trinajstić information content (AvgIpc) is 2.54. The summed E-state index contributed by atoms with van der Waals surface area (Å²) in [4.78, 5) is 25.3. The first-order chi connectivity index (χ1) is 10.6. The van der Waals surface area contributed by atoms with E-state index in [9.17, 15) is 14.7 Å². The summed E-state index contributed by atoms with van der Waals surface area (Å²) in [5, 5.41) is 11.5. The van der Waals surface area contributed by atoms with Gasteiger partial charge in [-0.3, -0.25) is 4.79 Å². The lowest BCUT2D eigenvalue weighted by Gasteiger charge is -2.33. The summed E-state index contributed by atoms with van der Waals surface area (Å²) in [6.07, 6.45) is 2.57. The molecular weight excluding hydrogens is 278 g/mol. The third kappa shape index (κ3) is 2.96. The SMILES string of the molecule is O=C(O)C1CCCCN1C(=O)Cc1ccc2ccccc2c1. The van der Waals surface area contributed by atoms with Gasteiger partial charge in [0.1, 0.15) is 6.04 Å². The molecule has 0 bridgehead atoms. The minimum absolute atomic E-state index is 0.0950. The molecule has 0 aliphatic carbocycles. The highest BCUT2D eigenvalue weighted by Gasteiger charge is 2.31. The Hall–Kier alpha value is -2.36. The number of nitrogens with zero attached hydrogens (tertiary/aromatic N) is 1. The van der Waals surface area contributed by atoms with Gasteiger partial charge in [0, 0.05) is 6.54 Å². The number of likely N-dealkylation sites (tertiary alicyclic amines) is 1. The number of piperidine rings is 1. The summed E-state index contributed by atoms with van der Waals surface area (Å²) < 4.78 is 0. The van der Waals surface area contributed by atoms with Gasteiger partial charge >= 0.3 is 5.97 Å². The zero-order valence-corrected chi connectivity index (χ0v) is 12.4. The molecule has 114 valence electrons. The van der Waals surface area contributed by atoms with Crippen molar-refractivity contribution in [2.75, 3.05) is 6.54 Å². The largest absolute Gasteiger partial charge is 0.480 e. The molecule has 0 spiro atoms. The van der Waals surface area contributed by atoms with E-state index in [1.54, 1.807) is 0 Å². The number of benzene rings is 2. The molecule has 0 radical (unpaired) electrons. The summed E-state index contributed by atoms with van der Waals surface area (Å²) in [6, 6.07) is 13.3. The van der Waals surface area contributed by atoms with Crippen LogP contribution in [-0.2, 0) is 16.0 Å². The van der Waals surface area contributed by atoms with Crippen LogP contribution in [0.2, 0.25) is 0 Å². The lowest BCUT2D eigenvalue weighted by Crippen LogP contribution is -2.48. The van der Waals surface area contributed by atoms with Gasteiger partial charge in [-0.25, -0.2) is 4.79 Å². The van der Waals surface area contributed by atoms with Crippen molar-refractivity contribution in [2.24, 2.45) is 0 Å². The molecule has 1 aliphatic heterocycles. The van der Waals surface area contributed by atoms with Crippen LogP contribution in [0.1, 0.15) is 24.8 Å². The molecule has 1 saturated heterocycles. The van der Waals surface area contributed by atoms with Gasteiger partial charge in [0.25, 0.3) is 0 Å². The van der Waals surface area contributed by atoms with Crippen LogP contribution in [0.3, 0.4) is 0 Å². The Kier molecular flexibility index (Phi) is 4.09. The van der Waals surface area contributed by atoms with E-state index in [1.807, 2.05) is 42.5 Å². The van der Waals surface area contributed by atoms with Gasteiger partial charge in [0.2, 0.25) is 5.91 Å². The van der Waals surface area contributed by atoms with E-state index in [1.165, 1.54) is 4.90 Å². The zero-order valence-electron chi connectivity index (χ0n) is 12.4. The zero-order chi connectivity index (χ0) is 15.5. The van der Waals surface area contributed by atoms with Gasteiger partial charge in [-0.15, -0.1) is 0 Å². The Morgan fingerprint density at radius 1 is 1.09 bits per heavy atom. The van der Waals surface area contributed by atoms with Gasteiger partial charge in [-0.1, -0.05) is 42.5 Å². The van der Waals surface area contributed by atoms with Gasteiger partial charge < -0.3 is 10.0 Å². The molecule has 2 aromatic rings. The Bertz CT molecular complexity index is 710. The fourth-order valence-electron chi connectivity index (χ4n) is 3.11. The molecule has 1 atom stereocenters. The van der Waals surface area contributed by atoms with Crippen molar-refractivity contribution in [1.82, 2.24) is 4.90 Å². The highest BCUT2D eigenvalue weighted by molar-refractivity contribution is 5.87. The van der Waals surface area contributed by atoms with Crippen LogP contribution < -0.4 is 0 Å². The maximum absolute atomic E-state index is 12.5. The molecule has 1 N–H and O–H groups in total. The minimum atomic E-state index is -0.897. The molecule has 1 heterocycles. The number of carboxylic acids is 1. The summed E-state index contributed by atoms with van der Waals surface area (Å²) in [5.41, 5.74) is 0.929. The molecular formula is C18H19NO3. The quantitative estimate of drug-likeness (QED) is 0.947. The molecule has 2 aromatic carbocycles. The number of carbonyl (C=O) groups is 2. The predicted octanol–water partition coefficient (Wildman–Crippen LogP) is 2.85. The van der Waals surface area contributed by atoms with Crippen LogP contribution in [0.4, 0.5) is 0 Å². The molecule has 0 aromatic heterocycles. The van der Waals surface area contributed by atoms with E-state index in [0.29, 0.717) is 13.0 Å². The van der Waals surface area contributed by atoms with Crippen molar-refractivity contribution in [1.29, 1.82) is 0 Å². The topological polar surface area (TPSA) is 57.6 Å². The Morgan fingerprint density at radius 2 is 1.86 bits per heavy atom. The number of carbonyl (C=O) groups excluding carboxylic acids is 1. The van der Waals surface area contributed by atoms with Crippen LogP contribution in [0.15, 0.2) is 42.5 Å². The van der Waals surface area contributed by atoms with Crippen LogP contribution in [0.25, 0.3) is 10.8 Å². The number of aliphatic carboxylic acids is 1. The van der Waals surface area contributed by atoms with Crippen LogP contribution in [-0.4, -0.2) is 34.5 Å². The third-order valence-electron chi connectivity index (χ3n) is 4.28. The maximum Gasteiger partial charge on any atom is 0.326 e. The molecule has 4 heteroatoms. The number of rotatable bonds is 3. The monoisotopic (exact) mass is 297 g/mol. The predicted molar refractivity (Wildman–Crippen MR) is 84.6 cm³/mol. The first kappa shape index (κ1) is 14.6. The number of hydrogen-bond donors (Lipinski definition) is 1. The first-order valence-corrected chi connectivity index (χ1v) is 7.65. The Balaban J connectivity index is 1.78. The second-order valence-electron chi connectivity index (χ2n) is 5.80. The molecule has 3 rings (SSSR count). The summed E-state index contributed by atoms with van der Waals surface area (Å²) >= 11 is 0. The molecule has 22 heavy (non-hydrogen) atoms. The summed E-state index contributed by atoms with van der Waals surface area (Å²) in [6.45, 7) is 0.545. The van der Waals surface area contributed by atoms with Crippen molar-refractivity contribution in [3.8, 4) is 0 Å². The van der Waals surface area contributed by atoms with Crippen molar-refractivity contribution in [2.45, 2.75) is 31.7 Å². The minimum Gasteiger partial charge on any atom is -0.480 e. The fourth-order valence-corrected chi connectivity index (χ4v) is 3.11. The average molecular weight is 297 g/mol. The maximum atomic E-state index is 12.5.